The summed E-state index contributed by atoms with van der Waals surface area (Å²) in [4.78, 5) is 11.0. The Kier molecular flexibility index (Phi) is 8.34. The van der Waals surface area contributed by atoms with Crippen LogP contribution in [-0.2, 0) is 14.3 Å². The number of hydrogen-bond acceptors (Lipinski definition) is 3. The fourth-order valence-electron chi connectivity index (χ4n) is 2.68. The first-order valence-corrected chi connectivity index (χ1v) is 8.05. The van der Waals surface area contributed by atoms with Gasteiger partial charge in [0.15, 0.2) is 5.79 Å². The maximum Gasteiger partial charge on any atom is 0.243 e. The van der Waals surface area contributed by atoms with E-state index in [-0.39, 0.29) is 11.3 Å². The molecule has 0 aliphatic carbocycles. The summed E-state index contributed by atoms with van der Waals surface area (Å²) in [6.07, 6.45) is 3.39. The van der Waals surface area contributed by atoms with Crippen LogP contribution >= 0.6 is 0 Å². The zero-order valence-corrected chi connectivity index (χ0v) is 15.5. The van der Waals surface area contributed by atoms with E-state index < -0.39 is 5.79 Å². The molecule has 0 spiro atoms. The van der Waals surface area contributed by atoms with Crippen molar-refractivity contribution in [3.05, 3.63) is 12.7 Å². The monoisotopic (exact) mass is 313 g/mol. The van der Waals surface area contributed by atoms with Crippen molar-refractivity contribution >= 4 is 5.91 Å². The van der Waals surface area contributed by atoms with Gasteiger partial charge >= 0.3 is 0 Å². The highest BCUT2D eigenvalue weighted by atomic mass is 16.7. The van der Waals surface area contributed by atoms with Gasteiger partial charge in [0.2, 0.25) is 5.91 Å². The first-order valence-electron chi connectivity index (χ1n) is 8.05. The molecule has 0 heterocycles. The summed E-state index contributed by atoms with van der Waals surface area (Å²) in [5, 5.41) is 2.67. The predicted octanol–water partition coefficient (Wildman–Crippen LogP) is 3.91. The average molecular weight is 313 g/mol. The standard InChI is InChI=1S/C18H35NO3/c1-9-15(20)19-11-13-22-18(7,8)21-12-10-17(5,6)14-16(2,3)4/h9H,1,10-14H2,2-8H3,(H,19,20). The van der Waals surface area contributed by atoms with Crippen LogP contribution in [0, 0.1) is 10.8 Å². The number of ether oxygens (including phenoxy) is 2. The Balaban J connectivity index is 4.01. The normalized spacial score (nSPS) is 13.0. The lowest BCUT2D eigenvalue weighted by molar-refractivity contribution is -0.215. The van der Waals surface area contributed by atoms with E-state index >= 15 is 0 Å². The molecule has 0 saturated carbocycles. The van der Waals surface area contributed by atoms with Crippen LogP contribution in [0.3, 0.4) is 0 Å². The molecule has 0 unspecified atom stereocenters. The Bertz CT molecular complexity index is 354. The lowest BCUT2D eigenvalue weighted by Gasteiger charge is -2.34. The Morgan fingerprint density at radius 2 is 1.59 bits per heavy atom. The third-order valence-corrected chi connectivity index (χ3v) is 3.27. The van der Waals surface area contributed by atoms with Crippen LogP contribution in [0.25, 0.3) is 0 Å². The third-order valence-electron chi connectivity index (χ3n) is 3.27. The molecular weight excluding hydrogens is 278 g/mol. The summed E-state index contributed by atoms with van der Waals surface area (Å²) in [7, 11) is 0. The fourth-order valence-corrected chi connectivity index (χ4v) is 2.68. The van der Waals surface area contributed by atoms with Gasteiger partial charge in [-0.1, -0.05) is 41.2 Å². The van der Waals surface area contributed by atoms with Crippen LogP contribution in [0.4, 0.5) is 0 Å². The lowest BCUT2D eigenvalue weighted by Crippen LogP contribution is -2.34. The smallest absolute Gasteiger partial charge is 0.243 e. The van der Waals surface area contributed by atoms with E-state index in [1.165, 1.54) is 6.08 Å². The van der Waals surface area contributed by atoms with E-state index in [9.17, 15) is 4.79 Å². The quantitative estimate of drug-likeness (QED) is 0.378. The first-order chi connectivity index (χ1) is 9.87. The van der Waals surface area contributed by atoms with Crippen LogP contribution < -0.4 is 5.32 Å². The van der Waals surface area contributed by atoms with Crippen molar-refractivity contribution < 1.29 is 14.3 Å². The molecule has 22 heavy (non-hydrogen) atoms. The van der Waals surface area contributed by atoms with E-state index in [1.54, 1.807) is 0 Å². The zero-order chi connectivity index (χ0) is 17.4. The molecule has 130 valence electrons. The van der Waals surface area contributed by atoms with E-state index in [1.807, 2.05) is 13.8 Å². The van der Waals surface area contributed by atoms with Crippen molar-refractivity contribution in [3.8, 4) is 0 Å². The highest BCUT2D eigenvalue weighted by Crippen LogP contribution is 2.35. The van der Waals surface area contributed by atoms with Crippen LogP contribution in [-0.4, -0.2) is 31.5 Å². The van der Waals surface area contributed by atoms with Gasteiger partial charge in [0.1, 0.15) is 0 Å². The molecule has 0 radical (unpaired) electrons. The van der Waals surface area contributed by atoms with Gasteiger partial charge in [-0.05, 0) is 43.6 Å². The van der Waals surface area contributed by atoms with Gasteiger partial charge in [0.25, 0.3) is 0 Å². The molecule has 0 aromatic carbocycles. The van der Waals surface area contributed by atoms with Crippen molar-refractivity contribution in [2.75, 3.05) is 19.8 Å². The number of amides is 1. The van der Waals surface area contributed by atoms with Crippen molar-refractivity contribution in [2.24, 2.45) is 10.8 Å². The van der Waals surface area contributed by atoms with Crippen LogP contribution in [0.1, 0.15) is 61.3 Å². The van der Waals surface area contributed by atoms with Gasteiger partial charge in [0, 0.05) is 6.54 Å². The largest absolute Gasteiger partial charge is 0.351 e. The molecule has 0 aromatic heterocycles. The van der Waals surface area contributed by atoms with Crippen LogP contribution in [0.5, 0.6) is 0 Å². The highest BCUT2D eigenvalue weighted by Gasteiger charge is 2.27. The van der Waals surface area contributed by atoms with Crippen molar-refractivity contribution in [1.29, 1.82) is 0 Å². The van der Waals surface area contributed by atoms with Crippen molar-refractivity contribution in [2.45, 2.75) is 67.1 Å². The molecule has 0 fully saturated rings. The maximum absolute atomic E-state index is 11.0. The topological polar surface area (TPSA) is 47.6 Å². The molecule has 0 atom stereocenters. The van der Waals surface area contributed by atoms with Gasteiger partial charge < -0.3 is 14.8 Å². The predicted molar refractivity (Wildman–Crippen MR) is 91.7 cm³/mol. The molecular formula is C18H35NO3. The Labute approximate surface area is 136 Å². The summed E-state index contributed by atoms with van der Waals surface area (Å²) in [5.74, 6) is -0.831. The molecule has 1 amide bonds. The number of carbonyl (C=O) groups is 1. The van der Waals surface area contributed by atoms with E-state index in [4.69, 9.17) is 9.47 Å². The molecule has 4 heteroatoms. The molecule has 0 aromatic rings. The molecule has 0 aliphatic rings. The van der Waals surface area contributed by atoms with Crippen LogP contribution in [0.15, 0.2) is 12.7 Å². The SMILES string of the molecule is C=CC(=O)NCCOC(C)(C)OCCC(C)(C)CC(C)(C)C. The minimum absolute atomic E-state index is 0.189. The number of hydrogen-bond donors (Lipinski definition) is 1. The van der Waals surface area contributed by atoms with Gasteiger partial charge in [-0.2, -0.15) is 0 Å². The van der Waals surface area contributed by atoms with Crippen molar-refractivity contribution in [1.82, 2.24) is 5.32 Å². The number of nitrogens with one attached hydrogen (secondary N) is 1. The summed E-state index contributed by atoms with van der Waals surface area (Å²) in [5.41, 5.74) is 0.561. The molecule has 0 saturated heterocycles. The fraction of sp³-hybridized carbons (Fsp3) is 0.833. The van der Waals surface area contributed by atoms with Gasteiger partial charge in [0.05, 0.1) is 13.2 Å². The third kappa shape index (κ3) is 11.8. The highest BCUT2D eigenvalue weighted by molar-refractivity contribution is 5.86. The zero-order valence-electron chi connectivity index (χ0n) is 15.5. The van der Waals surface area contributed by atoms with Gasteiger partial charge in [-0.3, -0.25) is 4.79 Å². The first kappa shape index (κ1) is 21.1. The summed E-state index contributed by atoms with van der Waals surface area (Å²) in [6, 6.07) is 0. The lowest BCUT2D eigenvalue weighted by atomic mass is 9.74. The minimum atomic E-state index is -0.642. The second-order valence-electron chi connectivity index (χ2n) is 8.24. The Hall–Kier alpha value is -0.870. The molecule has 0 aliphatic heterocycles. The van der Waals surface area contributed by atoms with Gasteiger partial charge in [-0.15, -0.1) is 0 Å². The Morgan fingerprint density at radius 1 is 1.05 bits per heavy atom. The summed E-state index contributed by atoms with van der Waals surface area (Å²) in [6.45, 7) is 20.1. The molecule has 1 N–H and O–H groups in total. The number of carbonyl (C=O) groups excluding carboxylic acids is 1. The van der Waals surface area contributed by atoms with Gasteiger partial charge in [-0.25, -0.2) is 0 Å². The molecule has 0 bridgehead atoms. The van der Waals surface area contributed by atoms with E-state index in [0.717, 1.165) is 12.8 Å². The second-order valence-corrected chi connectivity index (χ2v) is 8.24. The maximum atomic E-state index is 11.0. The molecule has 4 nitrogen and oxygen atoms in total. The van der Waals surface area contributed by atoms with Crippen LogP contribution in [0.2, 0.25) is 0 Å². The second kappa shape index (κ2) is 8.68. The minimum Gasteiger partial charge on any atom is -0.351 e. The van der Waals surface area contributed by atoms with E-state index in [2.05, 4.69) is 46.5 Å². The molecule has 0 rings (SSSR count). The Morgan fingerprint density at radius 3 is 2.09 bits per heavy atom. The average Bonchev–Trinajstić information content (AvgIpc) is 2.30. The van der Waals surface area contributed by atoms with Crippen molar-refractivity contribution in [3.63, 3.8) is 0 Å². The summed E-state index contributed by atoms with van der Waals surface area (Å²) < 4.78 is 11.5. The van der Waals surface area contributed by atoms with E-state index in [0.29, 0.717) is 25.2 Å². The summed E-state index contributed by atoms with van der Waals surface area (Å²) >= 11 is 0. The number of rotatable bonds is 10.